The minimum Gasteiger partial charge on any atom is -0.308 e. The van der Waals surface area contributed by atoms with Crippen molar-refractivity contribution in [2.24, 2.45) is 5.92 Å². The van der Waals surface area contributed by atoms with E-state index < -0.39 is 0 Å². The van der Waals surface area contributed by atoms with Crippen molar-refractivity contribution in [1.29, 1.82) is 5.26 Å². The highest BCUT2D eigenvalue weighted by atomic mass is 15.2. The zero-order chi connectivity index (χ0) is 9.68. The maximum Gasteiger partial charge on any atom is 0.0656 e. The van der Waals surface area contributed by atoms with Gasteiger partial charge in [0.05, 0.1) is 6.07 Å². The summed E-state index contributed by atoms with van der Waals surface area (Å²) in [6, 6.07) is 2.35. The summed E-state index contributed by atoms with van der Waals surface area (Å²) in [5.74, 6) is 0.315. The minimum absolute atomic E-state index is 0.315. The molecule has 0 aromatic carbocycles. The van der Waals surface area contributed by atoms with Gasteiger partial charge in [-0.2, -0.15) is 5.26 Å². The molecule has 0 unspecified atom stereocenters. The molecule has 1 aliphatic heterocycles. The van der Waals surface area contributed by atoms with Crippen molar-refractivity contribution in [2.45, 2.75) is 12.8 Å². The predicted molar refractivity (Wildman–Crippen MR) is 53.3 cm³/mol. The first-order chi connectivity index (χ1) is 6.22. The van der Waals surface area contributed by atoms with Crippen LogP contribution in [0.3, 0.4) is 0 Å². The number of nitrogens with zero attached hydrogens (tertiary/aromatic N) is 3. The Hall–Kier alpha value is -0.590. The zero-order valence-corrected chi connectivity index (χ0v) is 8.66. The summed E-state index contributed by atoms with van der Waals surface area (Å²) < 4.78 is 0. The van der Waals surface area contributed by atoms with Gasteiger partial charge in [-0.25, -0.2) is 0 Å². The molecular weight excluding hydrogens is 162 g/mol. The van der Waals surface area contributed by atoms with Crippen molar-refractivity contribution >= 4 is 0 Å². The van der Waals surface area contributed by atoms with E-state index in [-0.39, 0.29) is 0 Å². The van der Waals surface area contributed by atoms with Gasteiger partial charge in [-0.15, -0.1) is 0 Å². The maximum absolute atomic E-state index is 8.72. The highest BCUT2D eigenvalue weighted by molar-refractivity contribution is 4.87. The van der Waals surface area contributed by atoms with E-state index in [0.29, 0.717) is 5.92 Å². The molecule has 0 radical (unpaired) electrons. The molecule has 0 aliphatic carbocycles. The lowest BCUT2D eigenvalue weighted by molar-refractivity contribution is 0.188. The van der Waals surface area contributed by atoms with Gasteiger partial charge in [0.1, 0.15) is 0 Å². The Bertz CT molecular complexity index is 175. The molecule has 0 atom stereocenters. The van der Waals surface area contributed by atoms with Gasteiger partial charge in [0.15, 0.2) is 0 Å². The second kappa shape index (κ2) is 5.21. The van der Waals surface area contributed by atoms with E-state index in [1.807, 2.05) is 0 Å². The molecule has 1 heterocycles. The van der Waals surface area contributed by atoms with Crippen LogP contribution in [0.1, 0.15) is 12.8 Å². The highest BCUT2D eigenvalue weighted by Crippen LogP contribution is 2.15. The molecule has 0 aromatic rings. The van der Waals surface area contributed by atoms with Crippen LogP contribution in [0.25, 0.3) is 0 Å². The Labute approximate surface area is 80.9 Å². The van der Waals surface area contributed by atoms with Gasteiger partial charge >= 0.3 is 0 Å². The van der Waals surface area contributed by atoms with Crippen LogP contribution in [0.5, 0.6) is 0 Å². The minimum atomic E-state index is 0.315. The summed E-state index contributed by atoms with van der Waals surface area (Å²) in [6.07, 6.45) is 2.12. The summed E-state index contributed by atoms with van der Waals surface area (Å²) in [6.45, 7) is 4.47. The Morgan fingerprint density at radius 1 is 1.38 bits per heavy atom. The normalized spacial score (nSPS) is 20.5. The van der Waals surface area contributed by atoms with Crippen molar-refractivity contribution in [1.82, 2.24) is 9.80 Å². The fraction of sp³-hybridized carbons (Fsp3) is 0.900. The zero-order valence-electron chi connectivity index (χ0n) is 8.66. The predicted octanol–water partition coefficient (Wildman–Crippen LogP) is 0.784. The number of hydrogen-bond donors (Lipinski definition) is 0. The van der Waals surface area contributed by atoms with E-state index in [0.717, 1.165) is 39.0 Å². The van der Waals surface area contributed by atoms with Crippen LogP contribution in [-0.4, -0.2) is 50.1 Å². The largest absolute Gasteiger partial charge is 0.308 e. The quantitative estimate of drug-likeness (QED) is 0.644. The van der Waals surface area contributed by atoms with E-state index in [4.69, 9.17) is 5.26 Å². The van der Waals surface area contributed by atoms with Crippen molar-refractivity contribution in [3.8, 4) is 6.07 Å². The topological polar surface area (TPSA) is 30.3 Å². The van der Waals surface area contributed by atoms with Crippen molar-refractivity contribution in [2.75, 3.05) is 40.3 Å². The van der Waals surface area contributed by atoms with Gasteiger partial charge < -0.3 is 9.80 Å². The first kappa shape index (κ1) is 10.5. The van der Waals surface area contributed by atoms with Crippen molar-refractivity contribution in [3.05, 3.63) is 0 Å². The van der Waals surface area contributed by atoms with Crippen LogP contribution < -0.4 is 0 Å². The summed E-state index contributed by atoms with van der Waals surface area (Å²) in [5, 5.41) is 8.72. The lowest BCUT2D eigenvalue weighted by atomic mass is 9.99. The van der Waals surface area contributed by atoms with E-state index in [1.165, 1.54) is 0 Å². The van der Waals surface area contributed by atoms with Crippen LogP contribution in [-0.2, 0) is 0 Å². The third-order valence-corrected chi connectivity index (χ3v) is 2.63. The van der Waals surface area contributed by atoms with E-state index in [1.54, 1.807) is 0 Å². The lowest BCUT2D eigenvalue weighted by Gasteiger charge is -2.29. The molecule has 3 heteroatoms. The van der Waals surface area contributed by atoms with Crippen LogP contribution in [0.2, 0.25) is 0 Å². The Morgan fingerprint density at radius 2 is 2.00 bits per heavy atom. The first-order valence-electron chi connectivity index (χ1n) is 4.99. The maximum atomic E-state index is 8.72. The molecule has 0 aromatic heterocycles. The van der Waals surface area contributed by atoms with Crippen LogP contribution in [0.15, 0.2) is 0 Å². The molecule has 1 fully saturated rings. The second-order valence-corrected chi connectivity index (χ2v) is 4.05. The van der Waals surface area contributed by atoms with Gasteiger partial charge in [0.2, 0.25) is 0 Å². The van der Waals surface area contributed by atoms with Gasteiger partial charge in [0.25, 0.3) is 0 Å². The molecule has 0 amide bonds. The fourth-order valence-corrected chi connectivity index (χ4v) is 1.63. The molecule has 0 saturated carbocycles. The summed E-state index contributed by atoms with van der Waals surface area (Å²) in [4.78, 5) is 4.66. The van der Waals surface area contributed by atoms with E-state index >= 15 is 0 Å². The molecule has 0 spiro atoms. The molecule has 0 N–H and O–H groups in total. The van der Waals surface area contributed by atoms with Gasteiger partial charge in [-0.1, -0.05) is 0 Å². The number of likely N-dealkylation sites (N-methyl/N-ethyl adjacent to an activating group) is 1. The Morgan fingerprint density at radius 3 is 2.46 bits per heavy atom. The number of likely N-dealkylation sites (tertiary alicyclic amines) is 1. The third kappa shape index (κ3) is 3.75. The second-order valence-electron chi connectivity index (χ2n) is 4.05. The van der Waals surface area contributed by atoms with E-state index in [2.05, 4.69) is 30.0 Å². The molecule has 1 saturated heterocycles. The summed E-state index contributed by atoms with van der Waals surface area (Å²) >= 11 is 0. The number of rotatable bonds is 3. The standard InChI is InChI=1S/C10H19N3/c1-12(2)7-8-13-5-3-10(9-11)4-6-13/h10H,3-8H2,1-2H3. The average Bonchev–Trinajstić information content (AvgIpc) is 2.15. The van der Waals surface area contributed by atoms with Crippen LogP contribution in [0.4, 0.5) is 0 Å². The Kier molecular flexibility index (Phi) is 4.20. The molecule has 0 bridgehead atoms. The summed E-state index contributed by atoms with van der Waals surface area (Å²) in [5.41, 5.74) is 0. The SMILES string of the molecule is CN(C)CCN1CCC(C#N)CC1. The Balaban J connectivity index is 2.15. The van der Waals surface area contributed by atoms with Crippen molar-refractivity contribution < 1.29 is 0 Å². The monoisotopic (exact) mass is 181 g/mol. The van der Waals surface area contributed by atoms with Gasteiger partial charge in [-0.3, -0.25) is 0 Å². The lowest BCUT2D eigenvalue weighted by Crippen LogP contribution is -2.37. The molecule has 13 heavy (non-hydrogen) atoms. The molecule has 3 nitrogen and oxygen atoms in total. The first-order valence-corrected chi connectivity index (χ1v) is 4.99. The van der Waals surface area contributed by atoms with Gasteiger partial charge in [-0.05, 0) is 40.0 Å². The van der Waals surface area contributed by atoms with Crippen molar-refractivity contribution in [3.63, 3.8) is 0 Å². The van der Waals surface area contributed by atoms with E-state index in [9.17, 15) is 0 Å². The number of nitriles is 1. The third-order valence-electron chi connectivity index (χ3n) is 2.63. The number of piperidine rings is 1. The van der Waals surface area contributed by atoms with Crippen LogP contribution in [0, 0.1) is 17.2 Å². The molecule has 74 valence electrons. The smallest absolute Gasteiger partial charge is 0.0656 e. The fourth-order valence-electron chi connectivity index (χ4n) is 1.63. The van der Waals surface area contributed by atoms with Gasteiger partial charge in [0, 0.05) is 19.0 Å². The summed E-state index contributed by atoms with van der Waals surface area (Å²) in [7, 11) is 4.20. The molecular formula is C10H19N3. The molecule has 1 aliphatic rings. The van der Waals surface area contributed by atoms with Crippen LogP contribution >= 0.6 is 0 Å². The average molecular weight is 181 g/mol. The molecule has 1 rings (SSSR count). The highest BCUT2D eigenvalue weighted by Gasteiger charge is 2.17. The number of hydrogen-bond acceptors (Lipinski definition) is 3.